The Kier molecular flexibility index (Phi) is 30.4. The second kappa shape index (κ2) is 25.1. The van der Waals surface area contributed by atoms with Gasteiger partial charge in [-0.1, -0.05) is 129 Å². The smallest absolute Gasteiger partial charge is 0.340 e. The van der Waals surface area contributed by atoms with E-state index < -0.39 is 0 Å². The molecule has 0 heterocycles. The first-order valence-electron chi connectivity index (χ1n) is 11.6. The van der Waals surface area contributed by atoms with Crippen LogP contribution in [0.25, 0.3) is 0 Å². The van der Waals surface area contributed by atoms with E-state index in [0.29, 0.717) is 11.8 Å². The molecule has 0 bridgehead atoms. The van der Waals surface area contributed by atoms with Gasteiger partial charge >= 0.3 is 19.5 Å². The van der Waals surface area contributed by atoms with Crippen LogP contribution in [0.1, 0.15) is 90.9 Å². The fourth-order valence-corrected chi connectivity index (χ4v) is 4.85. The third-order valence-corrected chi connectivity index (χ3v) is 7.94. The predicted molar refractivity (Wildman–Crippen MR) is 129 cm³/mol. The molecule has 0 aromatic heterocycles. The largest absolute Gasteiger partial charge is 2.00 e. The first-order chi connectivity index (χ1) is 12.3. The maximum absolute atomic E-state index is 4.11. The SMILES string of the molecule is [CH2-]C(CC)CCCCCC[Si](C)C.[CH2-]C(CC)CCCCCC[Si](C)C.[Zn+2]. The molecule has 0 N–H and O–H groups in total. The molecule has 0 fully saturated rings. The minimum atomic E-state index is 0. The van der Waals surface area contributed by atoms with Crippen molar-refractivity contribution >= 4 is 17.6 Å². The second-order valence-electron chi connectivity index (χ2n) is 8.87. The van der Waals surface area contributed by atoms with E-state index >= 15 is 0 Å². The number of rotatable bonds is 16. The summed E-state index contributed by atoms with van der Waals surface area (Å²) in [5.41, 5.74) is 0. The summed E-state index contributed by atoms with van der Waals surface area (Å²) in [5.74, 6) is 1.41. The molecule has 0 spiro atoms. The van der Waals surface area contributed by atoms with Crippen molar-refractivity contribution in [2.75, 3.05) is 0 Å². The second-order valence-corrected chi connectivity index (χ2v) is 14.7. The molecule has 0 aliphatic heterocycles. The van der Waals surface area contributed by atoms with E-state index in [1.165, 1.54) is 89.1 Å². The topological polar surface area (TPSA) is 0 Å². The van der Waals surface area contributed by atoms with Gasteiger partial charge in [-0.2, -0.15) is 11.8 Å². The van der Waals surface area contributed by atoms with Crippen molar-refractivity contribution in [2.24, 2.45) is 11.8 Å². The van der Waals surface area contributed by atoms with Gasteiger partial charge < -0.3 is 13.8 Å². The average Bonchev–Trinajstić information content (AvgIpc) is 2.60. The summed E-state index contributed by atoms with van der Waals surface area (Å²) < 4.78 is 0. The van der Waals surface area contributed by atoms with Crippen LogP contribution in [0, 0.1) is 25.7 Å². The van der Waals surface area contributed by atoms with Gasteiger partial charge in [0.05, 0.1) is 0 Å². The molecule has 0 amide bonds. The zero-order valence-electron chi connectivity index (χ0n) is 20.2. The molecule has 0 rings (SSSR count). The van der Waals surface area contributed by atoms with E-state index in [2.05, 4.69) is 53.9 Å². The molecule has 2 atom stereocenters. The van der Waals surface area contributed by atoms with Gasteiger partial charge in [-0.3, -0.25) is 0 Å². The molecular weight excluding hydrogens is 410 g/mol. The summed E-state index contributed by atoms with van der Waals surface area (Å²) in [6.45, 7) is 22.3. The molecular formula is C24H52Si2Zn. The van der Waals surface area contributed by atoms with Crippen LogP contribution < -0.4 is 0 Å². The molecule has 0 aromatic rings. The molecule has 0 nitrogen and oxygen atoms in total. The Bertz CT molecular complexity index is 231. The van der Waals surface area contributed by atoms with Crippen molar-refractivity contribution in [1.82, 2.24) is 0 Å². The van der Waals surface area contributed by atoms with Gasteiger partial charge in [-0.05, 0) is 0 Å². The van der Waals surface area contributed by atoms with Crippen LogP contribution in [0.2, 0.25) is 38.3 Å². The summed E-state index contributed by atoms with van der Waals surface area (Å²) in [6.07, 6.45) is 16.7. The van der Waals surface area contributed by atoms with Crippen molar-refractivity contribution in [3.63, 3.8) is 0 Å². The van der Waals surface area contributed by atoms with E-state index in [1.807, 2.05) is 0 Å². The van der Waals surface area contributed by atoms with Crippen LogP contribution >= 0.6 is 0 Å². The minimum absolute atomic E-state index is 0. The van der Waals surface area contributed by atoms with Crippen LogP contribution in [-0.2, 0) is 19.5 Å². The third-order valence-electron chi connectivity index (χ3n) is 5.23. The molecule has 0 aromatic carbocycles. The van der Waals surface area contributed by atoms with Crippen LogP contribution in [-0.4, -0.2) is 17.6 Å². The summed E-state index contributed by atoms with van der Waals surface area (Å²) >= 11 is 0. The first-order valence-corrected chi connectivity index (χ1v) is 17.0. The van der Waals surface area contributed by atoms with Gasteiger partial charge in [-0.25, -0.2) is 0 Å². The number of hydrogen-bond donors (Lipinski definition) is 0. The molecule has 158 valence electrons. The Balaban J connectivity index is -0.000000411. The standard InChI is InChI=1S/2C12H26Si.Zn/c2*1-5-12(2)10-8-6-7-9-11-13(3)4;/h2*12H,2,5-11H2,1,3-4H3;/q2*-1;+2. The van der Waals surface area contributed by atoms with Crippen LogP contribution in [0.5, 0.6) is 0 Å². The molecule has 0 aliphatic carbocycles. The van der Waals surface area contributed by atoms with Gasteiger partial charge in [0.1, 0.15) is 0 Å². The first kappa shape index (κ1) is 32.7. The molecule has 2 radical (unpaired) electrons. The van der Waals surface area contributed by atoms with Gasteiger partial charge in [0.25, 0.3) is 0 Å². The van der Waals surface area contributed by atoms with Crippen LogP contribution in [0.4, 0.5) is 0 Å². The maximum atomic E-state index is 4.11. The fourth-order valence-electron chi connectivity index (χ4n) is 2.94. The summed E-state index contributed by atoms with van der Waals surface area (Å²) in [5, 5.41) is 0. The van der Waals surface area contributed by atoms with Gasteiger partial charge in [0.15, 0.2) is 0 Å². The van der Waals surface area contributed by atoms with Gasteiger partial charge in [-0.15, -0.1) is 0 Å². The predicted octanol–water partition coefficient (Wildman–Crippen LogP) is 9.10. The Morgan fingerprint density at radius 3 is 1.11 bits per heavy atom. The van der Waals surface area contributed by atoms with Gasteiger partial charge in [0.2, 0.25) is 0 Å². The minimum Gasteiger partial charge on any atom is -0.340 e. The monoisotopic (exact) mass is 460 g/mol. The summed E-state index contributed by atoms with van der Waals surface area (Å²) in [4.78, 5) is 0. The number of hydrogen-bond acceptors (Lipinski definition) is 0. The Morgan fingerprint density at radius 2 is 0.852 bits per heavy atom. The molecule has 0 saturated heterocycles. The van der Waals surface area contributed by atoms with E-state index in [9.17, 15) is 0 Å². The Morgan fingerprint density at radius 1 is 0.556 bits per heavy atom. The molecule has 0 aliphatic rings. The molecule has 0 saturated carbocycles. The molecule has 2 unspecified atom stereocenters. The summed E-state index contributed by atoms with van der Waals surface area (Å²) in [7, 11) is 0.0906. The van der Waals surface area contributed by atoms with E-state index in [4.69, 9.17) is 0 Å². The van der Waals surface area contributed by atoms with Crippen molar-refractivity contribution in [2.45, 2.75) is 129 Å². The van der Waals surface area contributed by atoms with Crippen molar-refractivity contribution in [1.29, 1.82) is 0 Å². The summed E-state index contributed by atoms with van der Waals surface area (Å²) in [6, 6.07) is 3.01. The van der Waals surface area contributed by atoms with Crippen molar-refractivity contribution in [3.05, 3.63) is 13.8 Å². The van der Waals surface area contributed by atoms with Gasteiger partial charge in [0, 0.05) is 17.6 Å². The van der Waals surface area contributed by atoms with E-state index in [1.54, 1.807) is 0 Å². The van der Waals surface area contributed by atoms with Crippen LogP contribution in [0.3, 0.4) is 0 Å². The Hall–Kier alpha value is 1.06. The normalized spacial score (nSPS) is 13.1. The van der Waals surface area contributed by atoms with Crippen LogP contribution in [0.15, 0.2) is 0 Å². The third kappa shape index (κ3) is 32.0. The zero-order chi connectivity index (χ0) is 20.2. The average molecular weight is 462 g/mol. The maximum Gasteiger partial charge on any atom is 2.00 e. The van der Waals surface area contributed by atoms with E-state index in [-0.39, 0.29) is 37.1 Å². The Labute approximate surface area is 191 Å². The van der Waals surface area contributed by atoms with Crippen molar-refractivity contribution < 1.29 is 19.5 Å². The number of unbranched alkanes of at least 4 members (excludes halogenated alkanes) is 6. The quantitative estimate of drug-likeness (QED) is 0.122. The zero-order valence-corrected chi connectivity index (χ0v) is 25.1. The molecule has 3 heteroatoms. The van der Waals surface area contributed by atoms with E-state index in [0.717, 1.165) is 0 Å². The fraction of sp³-hybridized carbons (Fsp3) is 0.917. The van der Waals surface area contributed by atoms with Crippen molar-refractivity contribution in [3.8, 4) is 0 Å². The molecule has 27 heavy (non-hydrogen) atoms.